The second kappa shape index (κ2) is 5.21. The molecule has 0 aromatic heterocycles. The summed E-state index contributed by atoms with van der Waals surface area (Å²) in [6, 6.07) is 7.84. The highest BCUT2D eigenvalue weighted by Crippen LogP contribution is 2.18. The summed E-state index contributed by atoms with van der Waals surface area (Å²) in [6.07, 6.45) is -0.302. The van der Waals surface area contributed by atoms with Crippen LogP contribution in [0.2, 0.25) is 0 Å². The maximum Gasteiger partial charge on any atom is 0.414 e. The molecule has 0 heterocycles. The number of ether oxygens (including phenoxy) is 1. The highest BCUT2D eigenvalue weighted by molar-refractivity contribution is 5.87. The lowest BCUT2D eigenvalue weighted by Crippen LogP contribution is -2.36. The smallest absolute Gasteiger partial charge is 0.414 e. The molecule has 17 heavy (non-hydrogen) atoms. The molecule has 1 rings (SSSR count). The zero-order valence-corrected chi connectivity index (χ0v) is 11.3. The fraction of sp³-hybridized carbons (Fsp3) is 0.500. The van der Waals surface area contributed by atoms with Gasteiger partial charge in [0.1, 0.15) is 5.60 Å². The van der Waals surface area contributed by atoms with E-state index in [2.05, 4.69) is 0 Å². The molecule has 1 aromatic rings. The van der Waals surface area contributed by atoms with Crippen LogP contribution in [-0.2, 0) is 4.74 Å². The van der Waals surface area contributed by atoms with Crippen LogP contribution in [0.25, 0.3) is 0 Å². The van der Waals surface area contributed by atoms with Gasteiger partial charge in [-0.2, -0.15) is 0 Å². The summed E-state index contributed by atoms with van der Waals surface area (Å²) in [4.78, 5) is 13.6. The fourth-order valence-electron chi connectivity index (χ4n) is 1.46. The first-order chi connectivity index (χ1) is 7.83. The van der Waals surface area contributed by atoms with Gasteiger partial charge in [-0.05, 0) is 46.8 Å². The first kappa shape index (κ1) is 13.6. The minimum Gasteiger partial charge on any atom is -0.443 e. The van der Waals surface area contributed by atoms with E-state index < -0.39 is 5.60 Å². The summed E-state index contributed by atoms with van der Waals surface area (Å²) < 4.78 is 5.36. The number of rotatable bonds is 2. The van der Waals surface area contributed by atoms with Crippen LogP contribution in [0.5, 0.6) is 0 Å². The highest BCUT2D eigenvalue weighted by atomic mass is 16.6. The maximum atomic E-state index is 12.0. The first-order valence-corrected chi connectivity index (χ1v) is 5.90. The van der Waals surface area contributed by atoms with Crippen LogP contribution in [0.1, 0.15) is 33.3 Å². The summed E-state index contributed by atoms with van der Waals surface area (Å²) >= 11 is 0. The molecule has 0 N–H and O–H groups in total. The average molecular weight is 235 g/mol. The van der Waals surface area contributed by atoms with Gasteiger partial charge in [0.2, 0.25) is 0 Å². The zero-order chi connectivity index (χ0) is 13.1. The molecule has 0 atom stereocenters. The van der Waals surface area contributed by atoms with Gasteiger partial charge in [-0.1, -0.05) is 17.7 Å². The van der Waals surface area contributed by atoms with Gasteiger partial charge in [0.15, 0.2) is 0 Å². The Hall–Kier alpha value is -1.51. The predicted octanol–water partition coefficient (Wildman–Crippen LogP) is 3.76. The maximum absolute atomic E-state index is 12.0. The number of benzene rings is 1. The Morgan fingerprint density at radius 3 is 2.18 bits per heavy atom. The van der Waals surface area contributed by atoms with E-state index in [1.54, 1.807) is 4.90 Å². The molecule has 1 aromatic carbocycles. The lowest BCUT2D eigenvalue weighted by Gasteiger charge is -2.26. The largest absolute Gasteiger partial charge is 0.443 e. The monoisotopic (exact) mass is 235 g/mol. The summed E-state index contributed by atoms with van der Waals surface area (Å²) in [5.74, 6) is 0. The normalized spacial score (nSPS) is 11.1. The number of anilines is 1. The summed E-state index contributed by atoms with van der Waals surface area (Å²) in [7, 11) is 0. The van der Waals surface area contributed by atoms with E-state index in [0.29, 0.717) is 6.54 Å². The number of hydrogen-bond acceptors (Lipinski definition) is 2. The van der Waals surface area contributed by atoms with Crippen molar-refractivity contribution in [3.05, 3.63) is 29.8 Å². The molecule has 0 spiro atoms. The van der Waals surface area contributed by atoms with E-state index in [1.165, 1.54) is 5.56 Å². The number of amides is 1. The Kier molecular flexibility index (Phi) is 4.16. The zero-order valence-electron chi connectivity index (χ0n) is 11.3. The molecule has 0 aliphatic rings. The van der Waals surface area contributed by atoms with Crippen LogP contribution < -0.4 is 4.90 Å². The third kappa shape index (κ3) is 4.10. The summed E-state index contributed by atoms with van der Waals surface area (Å²) in [5.41, 5.74) is 1.58. The van der Waals surface area contributed by atoms with Crippen LogP contribution in [0, 0.1) is 6.92 Å². The van der Waals surface area contributed by atoms with Gasteiger partial charge in [-0.3, -0.25) is 4.90 Å². The molecule has 0 fully saturated rings. The predicted molar refractivity (Wildman–Crippen MR) is 70.4 cm³/mol. The van der Waals surface area contributed by atoms with Gasteiger partial charge in [0, 0.05) is 12.2 Å². The van der Waals surface area contributed by atoms with Gasteiger partial charge >= 0.3 is 6.09 Å². The van der Waals surface area contributed by atoms with Gasteiger partial charge in [0.05, 0.1) is 0 Å². The quantitative estimate of drug-likeness (QED) is 0.781. The molecule has 3 nitrogen and oxygen atoms in total. The molecular formula is C14H21NO2. The molecule has 3 heteroatoms. The Morgan fingerprint density at radius 2 is 1.76 bits per heavy atom. The first-order valence-electron chi connectivity index (χ1n) is 5.90. The number of hydrogen-bond donors (Lipinski definition) is 0. The van der Waals surface area contributed by atoms with E-state index in [0.717, 1.165) is 5.69 Å². The highest BCUT2D eigenvalue weighted by Gasteiger charge is 2.21. The van der Waals surface area contributed by atoms with Crippen LogP contribution in [0.3, 0.4) is 0 Å². The van der Waals surface area contributed by atoms with E-state index >= 15 is 0 Å². The SMILES string of the molecule is CCN(C(=O)OC(C)(C)C)c1ccc(C)cc1. The standard InChI is InChI=1S/C14H21NO2/c1-6-15(13(16)17-14(3,4)5)12-9-7-11(2)8-10-12/h7-10H,6H2,1-5H3. The Bertz CT molecular complexity index is 376. The Morgan fingerprint density at radius 1 is 1.24 bits per heavy atom. The minimum absolute atomic E-state index is 0.302. The van der Waals surface area contributed by atoms with Crippen LogP contribution in [0.4, 0.5) is 10.5 Å². The van der Waals surface area contributed by atoms with Crippen molar-refractivity contribution in [2.75, 3.05) is 11.4 Å². The molecule has 0 aliphatic carbocycles. The number of nitrogens with zero attached hydrogens (tertiary/aromatic N) is 1. The summed E-state index contributed by atoms with van der Waals surface area (Å²) in [6.45, 7) is 10.2. The molecule has 0 saturated heterocycles. The summed E-state index contributed by atoms with van der Waals surface area (Å²) in [5, 5.41) is 0. The molecular weight excluding hydrogens is 214 g/mol. The molecule has 0 unspecified atom stereocenters. The number of carbonyl (C=O) groups is 1. The van der Waals surface area contributed by atoms with Crippen LogP contribution in [0.15, 0.2) is 24.3 Å². The van der Waals surface area contributed by atoms with Crippen LogP contribution in [-0.4, -0.2) is 18.2 Å². The second-order valence-electron chi connectivity index (χ2n) is 5.06. The van der Waals surface area contributed by atoms with Crippen molar-refractivity contribution in [1.82, 2.24) is 0 Å². The van der Waals surface area contributed by atoms with Crippen molar-refractivity contribution < 1.29 is 9.53 Å². The second-order valence-corrected chi connectivity index (χ2v) is 5.06. The van der Waals surface area contributed by atoms with Gasteiger partial charge in [0.25, 0.3) is 0 Å². The van der Waals surface area contributed by atoms with E-state index in [4.69, 9.17) is 4.74 Å². The molecule has 0 saturated carbocycles. The third-order valence-electron chi connectivity index (χ3n) is 2.28. The molecule has 1 amide bonds. The van der Waals surface area contributed by atoms with Crippen molar-refractivity contribution in [1.29, 1.82) is 0 Å². The van der Waals surface area contributed by atoms with E-state index in [-0.39, 0.29) is 6.09 Å². The van der Waals surface area contributed by atoms with E-state index in [1.807, 2.05) is 58.9 Å². The molecule has 0 bridgehead atoms. The van der Waals surface area contributed by atoms with Crippen molar-refractivity contribution in [2.45, 2.75) is 40.2 Å². The minimum atomic E-state index is -0.463. The fourth-order valence-corrected chi connectivity index (χ4v) is 1.46. The van der Waals surface area contributed by atoms with Gasteiger partial charge < -0.3 is 4.74 Å². The molecule has 0 radical (unpaired) electrons. The molecule has 94 valence electrons. The van der Waals surface area contributed by atoms with Crippen molar-refractivity contribution >= 4 is 11.8 Å². The van der Waals surface area contributed by atoms with E-state index in [9.17, 15) is 4.79 Å². The lowest BCUT2D eigenvalue weighted by molar-refractivity contribution is 0.0582. The Labute approximate surface area is 103 Å². The Balaban J connectivity index is 2.84. The van der Waals surface area contributed by atoms with Crippen molar-refractivity contribution in [2.24, 2.45) is 0 Å². The molecule has 0 aliphatic heterocycles. The number of carbonyl (C=O) groups excluding carboxylic acids is 1. The number of aryl methyl sites for hydroxylation is 1. The third-order valence-corrected chi connectivity index (χ3v) is 2.28. The topological polar surface area (TPSA) is 29.5 Å². The van der Waals surface area contributed by atoms with Crippen molar-refractivity contribution in [3.8, 4) is 0 Å². The lowest BCUT2D eigenvalue weighted by atomic mass is 10.2. The average Bonchev–Trinajstić information content (AvgIpc) is 2.19. The van der Waals surface area contributed by atoms with Gasteiger partial charge in [-0.15, -0.1) is 0 Å². The van der Waals surface area contributed by atoms with Crippen molar-refractivity contribution in [3.63, 3.8) is 0 Å². The van der Waals surface area contributed by atoms with Crippen LogP contribution >= 0.6 is 0 Å². The van der Waals surface area contributed by atoms with Gasteiger partial charge in [-0.25, -0.2) is 4.79 Å².